The van der Waals surface area contributed by atoms with E-state index in [1.807, 2.05) is 31.2 Å². The lowest BCUT2D eigenvalue weighted by Crippen LogP contribution is -2.29. The maximum atomic E-state index is 11.6. The molecular weight excluding hydrogens is 329 g/mol. The molecule has 0 radical (unpaired) electrons. The minimum absolute atomic E-state index is 0.0380. The predicted molar refractivity (Wildman–Crippen MR) is 76.7 cm³/mol. The Morgan fingerprint density at radius 2 is 2.06 bits per heavy atom. The Balaban J connectivity index is 2.32. The van der Waals surface area contributed by atoms with E-state index in [1.165, 1.54) is 3.57 Å². The molecule has 2 N–H and O–H groups in total. The fraction of sp³-hybridized carbons (Fsp3) is 0.462. The number of benzene rings is 1. The summed E-state index contributed by atoms with van der Waals surface area (Å²) in [4.78, 5) is 11.6. The Hall–Kier alpha value is -0.620. The molecule has 1 amide bonds. The molecule has 0 spiro atoms. The van der Waals surface area contributed by atoms with Gasteiger partial charge in [0.25, 0.3) is 0 Å². The molecule has 0 saturated heterocycles. The van der Waals surface area contributed by atoms with Crippen molar-refractivity contribution < 1.29 is 9.90 Å². The average molecular weight is 347 g/mol. The zero-order valence-electron chi connectivity index (χ0n) is 9.95. The number of hydrogen-bond donors (Lipinski definition) is 2. The quantitative estimate of drug-likeness (QED) is 0.773. The van der Waals surface area contributed by atoms with E-state index in [0.717, 1.165) is 12.0 Å². The highest BCUT2D eigenvalue weighted by atomic mass is 127. The van der Waals surface area contributed by atoms with E-state index in [4.69, 9.17) is 5.11 Å². The first-order chi connectivity index (χ1) is 8.11. The van der Waals surface area contributed by atoms with Gasteiger partial charge in [-0.2, -0.15) is 0 Å². The minimum Gasteiger partial charge on any atom is -0.396 e. The molecule has 0 unspecified atom stereocenters. The molecule has 0 aliphatic rings. The Kier molecular flexibility index (Phi) is 6.50. The summed E-state index contributed by atoms with van der Waals surface area (Å²) in [6.45, 7) is 2.82. The zero-order valence-corrected chi connectivity index (χ0v) is 12.1. The maximum absolute atomic E-state index is 11.6. The van der Waals surface area contributed by atoms with Gasteiger partial charge < -0.3 is 10.4 Å². The second-order valence-corrected chi connectivity index (χ2v) is 5.47. The molecule has 0 aliphatic carbocycles. The molecule has 1 rings (SSSR count). The van der Waals surface area contributed by atoms with Crippen molar-refractivity contribution >= 4 is 28.5 Å². The van der Waals surface area contributed by atoms with Gasteiger partial charge in [0.2, 0.25) is 5.91 Å². The highest BCUT2D eigenvalue weighted by molar-refractivity contribution is 14.1. The van der Waals surface area contributed by atoms with E-state index >= 15 is 0 Å². The van der Waals surface area contributed by atoms with Gasteiger partial charge in [0.05, 0.1) is 6.42 Å². The molecule has 0 aromatic heterocycles. The van der Waals surface area contributed by atoms with Crippen molar-refractivity contribution in [1.29, 1.82) is 0 Å². The van der Waals surface area contributed by atoms with Crippen molar-refractivity contribution in [3.63, 3.8) is 0 Å². The second kappa shape index (κ2) is 7.66. The first-order valence-corrected chi connectivity index (χ1v) is 6.81. The van der Waals surface area contributed by atoms with E-state index in [-0.39, 0.29) is 12.5 Å². The lowest BCUT2D eigenvalue weighted by atomic mass is 10.1. The molecule has 4 heteroatoms. The van der Waals surface area contributed by atoms with Gasteiger partial charge in [0, 0.05) is 16.7 Å². The van der Waals surface area contributed by atoms with Crippen LogP contribution in [0.5, 0.6) is 0 Å². The van der Waals surface area contributed by atoms with E-state index in [9.17, 15) is 4.79 Å². The first-order valence-electron chi connectivity index (χ1n) is 5.74. The minimum atomic E-state index is 0.0380. The van der Waals surface area contributed by atoms with Gasteiger partial charge in [-0.3, -0.25) is 4.79 Å². The van der Waals surface area contributed by atoms with Crippen LogP contribution in [0.15, 0.2) is 24.3 Å². The zero-order chi connectivity index (χ0) is 12.7. The van der Waals surface area contributed by atoms with Gasteiger partial charge in [-0.15, -0.1) is 0 Å². The van der Waals surface area contributed by atoms with Crippen LogP contribution in [-0.4, -0.2) is 24.2 Å². The molecule has 0 heterocycles. The molecule has 17 heavy (non-hydrogen) atoms. The summed E-state index contributed by atoms with van der Waals surface area (Å²) in [5, 5.41) is 11.6. The Morgan fingerprint density at radius 3 is 2.65 bits per heavy atom. The molecule has 3 nitrogen and oxygen atoms in total. The smallest absolute Gasteiger partial charge is 0.224 e. The molecule has 1 atom stereocenters. The molecule has 1 aromatic rings. The topological polar surface area (TPSA) is 49.3 Å². The van der Waals surface area contributed by atoms with Crippen molar-refractivity contribution in [2.45, 2.75) is 19.8 Å². The Labute approximate surface area is 116 Å². The van der Waals surface area contributed by atoms with Gasteiger partial charge in [-0.05, 0) is 52.6 Å². The fourth-order valence-electron chi connectivity index (χ4n) is 1.46. The van der Waals surface area contributed by atoms with Crippen LogP contribution in [0, 0.1) is 9.49 Å². The largest absolute Gasteiger partial charge is 0.396 e. The molecular formula is C13H18INO2. The van der Waals surface area contributed by atoms with E-state index < -0.39 is 0 Å². The van der Waals surface area contributed by atoms with E-state index in [0.29, 0.717) is 18.9 Å². The summed E-state index contributed by atoms with van der Waals surface area (Å²) >= 11 is 2.24. The summed E-state index contributed by atoms with van der Waals surface area (Å²) < 4.78 is 1.17. The predicted octanol–water partition coefficient (Wildman–Crippen LogP) is 1.97. The number of nitrogens with one attached hydrogen (secondary N) is 1. The number of aliphatic hydroxyl groups is 1. The van der Waals surface area contributed by atoms with Crippen molar-refractivity contribution in [2.24, 2.45) is 5.92 Å². The highest BCUT2D eigenvalue weighted by Crippen LogP contribution is 2.07. The van der Waals surface area contributed by atoms with Gasteiger partial charge in [-0.25, -0.2) is 0 Å². The number of halogens is 1. The summed E-state index contributed by atoms with van der Waals surface area (Å²) in [6, 6.07) is 7.94. The third-order valence-electron chi connectivity index (χ3n) is 2.55. The second-order valence-electron chi connectivity index (χ2n) is 4.22. The number of rotatable bonds is 6. The van der Waals surface area contributed by atoms with Crippen LogP contribution in [0.25, 0.3) is 0 Å². The van der Waals surface area contributed by atoms with Crippen LogP contribution in [0.2, 0.25) is 0 Å². The van der Waals surface area contributed by atoms with Crippen molar-refractivity contribution in [3.05, 3.63) is 33.4 Å². The first kappa shape index (κ1) is 14.4. The number of carbonyl (C=O) groups excluding carboxylic acids is 1. The third-order valence-corrected chi connectivity index (χ3v) is 3.27. The van der Waals surface area contributed by atoms with Crippen LogP contribution in [0.3, 0.4) is 0 Å². The number of amides is 1. The Bertz CT molecular complexity index is 351. The summed E-state index contributed by atoms with van der Waals surface area (Å²) in [5.41, 5.74) is 1.03. The standard InChI is InChI=1S/C13H18INO2/c1-10(6-7-16)9-15-13(17)8-11-2-4-12(14)5-3-11/h2-5,10,16H,6-9H2,1H3,(H,15,17)/t10-/m0/s1. The SMILES string of the molecule is C[C@@H](CCO)CNC(=O)Cc1ccc(I)cc1. The van der Waals surface area contributed by atoms with Crippen LogP contribution in [0.1, 0.15) is 18.9 Å². The molecule has 0 bridgehead atoms. The maximum Gasteiger partial charge on any atom is 0.224 e. The molecule has 94 valence electrons. The summed E-state index contributed by atoms with van der Waals surface area (Å²) in [7, 11) is 0. The normalized spacial score (nSPS) is 12.2. The highest BCUT2D eigenvalue weighted by Gasteiger charge is 2.06. The van der Waals surface area contributed by atoms with Crippen LogP contribution in [0.4, 0.5) is 0 Å². The van der Waals surface area contributed by atoms with Crippen molar-refractivity contribution in [1.82, 2.24) is 5.32 Å². The van der Waals surface area contributed by atoms with E-state index in [2.05, 4.69) is 27.9 Å². The number of carbonyl (C=O) groups is 1. The third kappa shape index (κ3) is 6.02. The lowest BCUT2D eigenvalue weighted by molar-refractivity contribution is -0.120. The fourth-order valence-corrected chi connectivity index (χ4v) is 1.82. The monoisotopic (exact) mass is 347 g/mol. The summed E-state index contributed by atoms with van der Waals surface area (Å²) in [5.74, 6) is 0.358. The molecule has 0 aliphatic heterocycles. The van der Waals surface area contributed by atoms with Crippen LogP contribution in [-0.2, 0) is 11.2 Å². The number of hydrogen-bond acceptors (Lipinski definition) is 2. The molecule has 0 saturated carbocycles. The summed E-state index contributed by atoms with van der Waals surface area (Å²) in [6.07, 6.45) is 1.15. The van der Waals surface area contributed by atoms with Gasteiger partial charge >= 0.3 is 0 Å². The van der Waals surface area contributed by atoms with Gasteiger partial charge in [-0.1, -0.05) is 19.1 Å². The van der Waals surface area contributed by atoms with Crippen molar-refractivity contribution in [3.8, 4) is 0 Å². The Morgan fingerprint density at radius 1 is 1.41 bits per heavy atom. The van der Waals surface area contributed by atoms with Crippen LogP contribution >= 0.6 is 22.6 Å². The van der Waals surface area contributed by atoms with Crippen LogP contribution < -0.4 is 5.32 Å². The van der Waals surface area contributed by atoms with Gasteiger partial charge in [0.1, 0.15) is 0 Å². The van der Waals surface area contributed by atoms with Crippen molar-refractivity contribution in [2.75, 3.05) is 13.2 Å². The molecule has 1 aromatic carbocycles. The molecule has 0 fully saturated rings. The number of aliphatic hydroxyl groups excluding tert-OH is 1. The van der Waals surface area contributed by atoms with Gasteiger partial charge in [0.15, 0.2) is 0 Å². The lowest BCUT2D eigenvalue weighted by Gasteiger charge is -2.11. The average Bonchev–Trinajstić information content (AvgIpc) is 2.30. The van der Waals surface area contributed by atoms with E-state index in [1.54, 1.807) is 0 Å².